The third kappa shape index (κ3) is 6.76. The molecule has 0 unspecified atom stereocenters. The van der Waals surface area contributed by atoms with E-state index in [9.17, 15) is 9.59 Å². The maximum atomic E-state index is 12.3. The molecular formula is C17H22ClNO3. The first-order valence-electron chi connectivity index (χ1n) is 7.21. The summed E-state index contributed by atoms with van der Waals surface area (Å²) in [4.78, 5) is 25.2. The fourth-order valence-corrected chi connectivity index (χ4v) is 2.14. The number of amides is 1. The number of carbonyl (C=O) groups excluding carboxylic acids is 2. The molecule has 0 spiro atoms. The summed E-state index contributed by atoms with van der Waals surface area (Å²) in [6.45, 7) is 5.00. The van der Waals surface area contributed by atoms with Crippen molar-refractivity contribution >= 4 is 29.6 Å². The van der Waals surface area contributed by atoms with Crippen LogP contribution in [-0.4, -0.2) is 37.0 Å². The molecular weight excluding hydrogens is 302 g/mol. The molecule has 0 aliphatic heterocycles. The van der Waals surface area contributed by atoms with Crippen molar-refractivity contribution in [2.75, 3.05) is 20.2 Å². The Balaban J connectivity index is 2.71. The van der Waals surface area contributed by atoms with Crippen molar-refractivity contribution < 1.29 is 14.3 Å². The molecule has 4 nitrogen and oxygen atoms in total. The minimum absolute atomic E-state index is 0.127. The number of rotatable bonds is 7. The molecule has 0 atom stereocenters. The second kappa shape index (κ2) is 9.26. The zero-order chi connectivity index (χ0) is 16.5. The van der Waals surface area contributed by atoms with E-state index in [1.807, 2.05) is 26.0 Å². The van der Waals surface area contributed by atoms with Crippen molar-refractivity contribution in [3.63, 3.8) is 0 Å². The van der Waals surface area contributed by atoms with E-state index in [0.717, 1.165) is 5.56 Å². The molecule has 1 aromatic rings. The van der Waals surface area contributed by atoms with Crippen molar-refractivity contribution in [1.82, 2.24) is 4.90 Å². The lowest BCUT2D eigenvalue weighted by atomic mass is 10.2. The van der Waals surface area contributed by atoms with E-state index in [1.54, 1.807) is 23.1 Å². The second-order valence-electron chi connectivity index (χ2n) is 5.39. The number of hydrogen-bond acceptors (Lipinski definition) is 3. The number of nitrogens with zero attached hydrogens (tertiary/aromatic N) is 1. The van der Waals surface area contributed by atoms with Gasteiger partial charge in [0.15, 0.2) is 0 Å². The maximum Gasteiger partial charge on any atom is 0.307 e. The van der Waals surface area contributed by atoms with E-state index >= 15 is 0 Å². The molecule has 0 aromatic heterocycles. The van der Waals surface area contributed by atoms with Crippen LogP contribution in [0.2, 0.25) is 5.02 Å². The molecule has 0 heterocycles. The van der Waals surface area contributed by atoms with Crippen LogP contribution in [0.5, 0.6) is 0 Å². The third-order valence-electron chi connectivity index (χ3n) is 2.98. The van der Waals surface area contributed by atoms with Crippen molar-refractivity contribution in [3.8, 4) is 0 Å². The Kier molecular flexibility index (Phi) is 7.67. The lowest BCUT2D eigenvalue weighted by Gasteiger charge is -2.22. The molecule has 5 heteroatoms. The molecule has 0 aliphatic rings. The molecule has 0 aliphatic carbocycles. The topological polar surface area (TPSA) is 46.6 Å². The van der Waals surface area contributed by atoms with Gasteiger partial charge in [-0.15, -0.1) is 0 Å². The number of hydrogen-bond donors (Lipinski definition) is 0. The molecule has 22 heavy (non-hydrogen) atoms. The molecule has 1 rings (SSSR count). The lowest BCUT2D eigenvalue weighted by Crippen LogP contribution is -2.34. The second-order valence-corrected chi connectivity index (χ2v) is 5.83. The highest BCUT2D eigenvalue weighted by molar-refractivity contribution is 6.30. The van der Waals surface area contributed by atoms with Crippen LogP contribution in [0.3, 0.4) is 0 Å². The van der Waals surface area contributed by atoms with Crippen LogP contribution in [0.15, 0.2) is 30.3 Å². The summed E-state index contributed by atoms with van der Waals surface area (Å²) in [5.74, 6) is -0.126. The van der Waals surface area contributed by atoms with Gasteiger partial charge in [0.1, 0.15) is 0 Å². The van der Waals surface area contributed by atoms with Crippen molar-refractivity contribution in [2.24, 2.45) is 5.92 Å². The van der Waals surface area contributed by atoms with Crippen LogP contribution >= 0.6 is 11.6 Å². The Hall–Kier alpha value is -1.81. The molecule has 0 fully saturated rings. The van der Waals surface area contributed by atoms with Gasteiger partial charge in [-0.3, -0.25) is 9.59 Å². The summed E-state index contributed by atoms with van der Waals surface area (Å²) in [6.07, 6.45) is 3.42. The van der Waals surface area contributed by atoms with Gasteiger partial charge in [-0.2, -0.15) is 0 Å². The maximum absolute atomic E-state index is 12.3. The van der Waals surface area contributed by atoms with Gasteiger partial charge in [0, 0.05) is 24.2 Å². The molecule has 120 valence electrons. The minimum Gasteiger partial charge on any atom is -0.469 e. The average molecular weight is 324 g/mol. The summed E-state index contributed by atoms with van der Waals surface area (Å²) in [5.41, 5.74) is 0.860. The van der Waals surface area contributed by atoms with Crippen LogP contribution in [0, 0.1) is 5.92 Å². The van der Waals surface area contributed by atoms with Gasteiger partial charge in [-0.05, 0) is 29.7 Å². The first-order valence-corrected chi connectivity index (χ1v) is 7.59. The number of methoxy groups -OCH3 is 1. The normalized spacial score (nSPS) is 11.0. The number of ether oxygens (including phenoxy) is 1. The summed E-state index contributed by atoms with van der Waals surface area (Å²) in [6, 6.07) is 7.27. The number of benzene rings is 1. The third-order valence-corrected chi connectivity index (χ3v) is 3.21. The molecule has 1 amide bonds. The summed E-state index contributed by atoms with van der Waals surface area (Å²) >= 11 is 5.91. The molecule has 1 aromatic carbocycles. The monoisotopic (exact) mass is 323 g/mol. The van der Waals surface area contributed by atoms with Crippen LogP contribution in [-0.2, 0) is 14.3 Å². The number of halogens is 1. The van der Waals surface area contributed by atoms with E-state index in [0.29, 0.717) is 24.0 Å². The average Bonchev–Trinajstić information content (AvgIpc) is 2.48. The fraction of sp³-hybridized carbons (Fsp3) is 0.412. The van der Waals surface area contributed by atoms with Gasteiger partial charge in [-0.1, -0.05) is 37.6 Å². The van der Waals surface area contributed by atoms with Gasteiger partial charge < -0.3 is 9.64 Å². The fourth-order valence-electron chi connectivity index (χ4n) is 1.94. The van der Waals surface area contributed by atoms with Gasteiger partial charge in [0.25, 0.3) is 0 Å². The summed E-state index contributed by atoms with van der Waals surface area (Å²) in [7, 11) is 1.34. The van der Waals surface area contributed by atoms with Crippen LogP contribution in [0.1, 0.15) is 25.8 Å². The van der Waals surface area contributed by atoms with Crippen molar-refractivity contribution in [3.05, 3.63) is 40.9 Å². The molecule has 0 saturated carbocycles. The summed E-state index contributed by atoms with van der Waals surface area (Å²) in [5, 5.41) is 0.624. The highest BCUT2D eigenvalue weighted by Crippen LogP contribution is 2.12. The summed E-state index contributed by atoms with van der Waals surface area (Å²) < 4.78 is 4.62. The Bertz CT molecular complexity index is 540. The SMILES string of the molecule is COC(=O)CCN(CC(C)C)C(=O)/C=C/c1cccc(Cl)c1. The van der Waals surface area contributed by atoms with Gasteiger partial charge in [-0.25, -0.2) is 0 Å². The minimum atomic E-state index is -0.319. The Morgan fingerprint density at radius 2 is 2.09 bits per heavy atom. The predicted octanol–water partition coefficient (Wildman–Crippen LogP) is 3.40. The van der Waals surface area contributed by atoms with Gasteiger partial charge in [0.2, 0.25) is 5.91 Å². The Morgan fingerprint density at radius 3 is 2.68 bits per heavy atom. The lowest BCUT2D eigenvalue weighted by molar-refractivity contribution is -0.141. The van der Waals surface area contributed by atoms with Crippen LogP contribution in [0.4, 0.5) is 0 Å². The molecule has 0 bridgehead atoms. The highest BCUT2D eigenvalue weighted by Gasteiger charge is 2.14. The standard InChI is InChI=1S/C17H22ClNO3/c1-13(2)12-19(10-9-17(21)22-3)16(20)8-7-14-5-4-6-15(18)11-14/h4-8,11,13H,9-10,12H2,1-3H3/b8-7+. The highest BCUT2D eigenvalue weighted by atomic mass is 35.5. The van der Waals surface area contributed by atoms with Crippen molar-refractivity contribution in [1.29, 1.82) is 0 Å². The zero-order valence-corrected chi connectivity index (χ0v) is 14.0. The van der Waals surface area contributed by atoms with E-state index in [-0.39, 0.29) is 18.3 Å². The molecule has 0 radical (unpaired) electrons. The van der Waals surface area contributed by atoms with Crippen LogP contribution in [0.25, 0.3) is 6.08 Å². The Morgan fingerprint density at radius 1 is 1.36 bits per heavy atom. The van der Waals surface area contributed by atoms with Crippen molar-refractivity contribution in [2.45, 2.75) is 20.3 Å². The van der Waals surface area contributed by atoms with E-state index < -0.39 is 0 Å². The smallest absolute Gasteiger partial charge is 0.307 e. The van der Waals surface area contributed by atoms with Gasteiger partial charge >= 0.3 is 5.97 Å². The Labute approximate surface area is 136 Å². The number of esters is 1. The van der Waals surface area contributed by atoms with Gasteiger partial charge in [0.05, 0.1) is 13.5 Å². The quantitative estimate of drug-likeness (QED) is 0.570. The molecule has 0 N–H and O–H groups in total. The first-order chi connectivity index (χ1) is 10.4. The predicted molar refractivity (Wildman–Crippen MR) is 88.5 cm³/mol. The van der Waals surface area contributed by atoms with E-state index in [2.05, 4.69) is 4.74 Å². The largest absolute Gasteiger partial charge is 0.469 e. The number of carbonyl (C=O) groups is 2. The molecule has 0 saturated heterocycles. The van der Waals surface area contributed by atoms with E-state index in [1.165, 1.54) is 13.2 Å². The van der Waals surface area contributed by atoms with Crippen LogP contribution < -0.4 is 0 Å². The first kappa shape index (κ1) is 18.2. The zero-order valence-electron chi connectivity index (χ0n) is 13.2. The van der Waals surface area contributed by atoms with E-state index in [4.69, 9.17) is 11.6 Å².